The fourth-order valence-corrected chi connectivity index (χ4v) is 29.0. The van der Waals surface area contributed by atoms with Crippen LogP contribution in [0.2, 0.25) is 0 Å². The SMILES string of the molecule is C.C.C.C.C.C.C.C.C.C.C.C.CCC(C)(C)C(=O)OC1(C)CC2CC1C1C3CCC(C3)C21.CCC(C)(C)C(=O)OC1(C)CC2CC1C1CCCC21.CCC(C)(C)C(=O)OC1(C)CC2CCC1C2.CCC(C)(C)C(=O)OC1(C)CCC2CCCCC2C1.CCC(C)(C)C(=O)OC1(C)CCCC2CCCCC21.CCC(C)(C)C(=O)OC1(CC)CC2CC1C1C3CCC(C3)C21. The average Bonchev–Trinajstić information content (AvgIpc) is 1.58. The number of hydrogen-bond acceptors (Lipinski definition) is 12. The Hall–Kier alpha value is -3.18. The number of fused-ring (bicyclic) bond motifs is 27. The molecule has 0 N–H and O–H groups in total. The van der Waals surface area contributed by atoms with Crippen molar-refractivity contribution >= 4 is 35.8 Å². The summed E-state index contributed by atoms with van der Waals surface area (Å²) >= 11 is 0. The van der Waals surface area contributed by atoms with Crippen molar-refractivity contribution < 1.29 is 57.2 Å². The molecule has 128 heavy (non-hydrogen) atoms. The van der Waals surface area contributed by atoms with Crippen molar-refractivity contribution in [3.63, 3.8) is 0 Å². The normalized spacial score (nSPS) is 38.5. The van der Waals surface area contributed by atoms with E-state index < -0.39 is 0 Å². The van der Waals surface area contributed by atoms with Crippen LogP contribution in [0.15, 0.2) is 0 Å². The average molecular weight is 1810 g/mol. The molecule has 0 heterocycles. The zero-order valence-corrected chi connectivity index (χ0v) is 78.9. The first-order valence-corrected chi connectivity index (χ1v) is 49.7. The van der Waals surface area contributed by atoms with E-state index in [1.165, 1.54) is 167 Å². The molecule has 17 saturated carbocycles. The first-order chi connectivity index (χ1) is 54.3. The highest BCUT2D eigenvalue weighted by Crippen LogP contribution is 2.73. The summed E-state index contributed by atoms with van der Waals surface area (Å²) in [4.78, 5) is 74.5. The molecule has 0 amide bonds. The van der Waals surface area contributed by atoms with Crippen molar-refractivity contribution in [3.05, 3.63) is 0 Å². The summed E-state index contributed by atoms with van der Waals surface area (Å²) in [6, 6.07) is 0. The molecule has 17 rings (SSSR count). The number of carbonyl (C=O) groups excluding carboxylic acids is 6. The van der Waals surface area contributed by atoms with Gasteiger partial charge in [-0.05, 0) is 430 Å². The Kier molecular flexibility index (Phi) is 46.1. The van der Waals surface area contributed by atoms with Gasteiger partial charge in [-0.25, -0.2) is 0 Å². The predicted molar refractivity (Wildman–Crippen MR) is 546 cm³/mol. The summed E-state index contributed by atoms with van der Waals surface area (Å²) in [5, 5.41) is 0. The van der Waals surface area contributed by atoms with Gasteiger partial charge in [-0.3, -0.25) is 28.8 Å². The Labute approximate surface area is 796 Å². The molecule has 12 nitrogen and oxygen atoms in total. The molecule has 0 aliphatic heterocycles. The van der Waals surface area contributed by atoms with E-state index in [1.807, 2.05) is 90.0 Å². The Bertz CT molecular complexity index is 3430. The Balaban J connectivity index is 0.00000149. The summed E-state index contributed by atoms with van der Waals surface area (Å²) < 4.78 is 36.4. The molecule has 758 valence electrons. The highest BCUT2D eigenvalue weighted by Gasteiger charge is 2.70. The first-order valence-electron chi connectivity index (χ1n) is 49.7. The van der Waals surface area contributed by atoms with E-state index in [1.54, 1.807) is 0 Å². The van der Waals surface area contributed by atoms with Crippen molar-refractivity contribution in [2.75, 3.05) is 0 Å². The van der Waals surface area contributed by atoms with Crippen LogP contribution in [0.3, 0.4) is 0 Å². The largest absolute Gasteiger partial charge is 0.459 e. The van der Waals surface area contributed by atoms with Crippen molar-refractivity contribution in [2.45, 2.75) is 546 Å². The fourth-order valence-electron chi connectivity index (χ4n) is 29.0. The lowest BCUT2D eigenvalue weighted by molar-refractivity contribution is -0.185. The van der Waals surface area contributed by atoms with Crippen LogP contribution in [0.25, 0.3) is 0 Å². The topological polar surface area (TPSA) is 158 Å². The van der Waals surface area contributed by atoms with Crippen molar-refractivity contribution in [3.8, 4) is 0 Å². The van der Waals surface area contributed by atoms with E-state index in [9.17, 15) is 28.8 Å². The maximum absolute atomic E-state index is 12.7. The lowest BCUT2D eigenvalue weighted by Crippen LogP contribution is -2.49. The summed E-state index contributed by atoms with van der Waals surface area (Å²) in [6.45, 7) is 49.6. The summed E-state index contributed by atoms with van der Waals surface area (Å²) in [7, 11) is 0. The van der Waals surface area contributed by atoms with Gasteiger partial charge in [0.1, 0.15) is 33.6 Å². The first kappa shape index (κ1) is 125. The van der Waals surface area contributed by atoms with Crippen LogP contribution in [-0.2, 0) is 57.2 Å². The zero-order chi connectivity index (χ0) is 84.7. The second-order valence-corrected chi connectivity index (χ2v) is 48.2. The molecule has 17 aliphatic carbocycles. The molecular weight excluding hydrogens is 1590 g/mol. The molecule has 0 aromatic rings. The molecule has 28 atom stereocenters. The van der Waals surface area contributed by atoms with E-state index in [-0.39, 0.29) is 191 Å². The monoisotopic (exact) mass is 1810 g/mol. The van der Waals surface area contributed by atoms with Gasteiger partial charge in [-0.2, -0.15) is 0 Å². The number of hydrogen-bond donors (Lipinski definition) is 0. The van der Waals surface area contributed by atoms with Crippen molar-refractivity contribution in [1.29, 1.82) is 0 Å². The summed E-state index contributed by atoms with van der Waals surface area (Å²) in [5.74, 6) is 18.6. The molecule has 12 heteroatoms. The smallest absolute Gasteiger partial charge is 0.312 e. The van der Waals surface area contributed by atoms with Gasteiger partial charge in [0, 0.05) is 23.7 Å². The molecule has 0 aromatic heterocycles. The maximum atomic E-state index is 12.7. The molecule has 28 unspecified atom stereocenters. The molecule has 0 radical (unpaired) electrons. The summed E-state index contributed by atoms with van der Waals surface area (Å²) in [6.07, 6.45) is 49.2. The number of esters is 6. The van der Waals surface area contributed by atoms with Crippen LogP contribution in [0.1, 0.15) is 512 Å². The zero-order valence-electron chi connectivity index (χ0n) is 78.9. The maximum Gasteiger partial charge on any atom is 0.312 e. The molecule has 0 spiro atoms. The number of carbonyl (C=O) groups is 6. The van der Waals surface area contributed by atoms with Crippen LogP contribution in [0.5, 0.6) is 0 Å². The van der Waals surface area contributed by atoms with Gasteiger partial charge < -0.3 is 28.4 Å². The molecule has 0 saturated heterocycles. The van der Waals surface area contributed by atoms with Gasteiger partial charge in [0.2, 0.25) is 0 Å². The fraction of sp³-hybridized carbons (Fsp3) is 0.948. The molecular formula is C116H222O12. The second-order valence-electron chi connectivity index (χ2n) is 48.2. The van der Waals surface area contributed by atoms with Gasteiger partial charge in [0.15, 0.2) is 0 Å². The molecule has 0 aromatic carbocycles. The Morgan fingerprint density at radius 1 is 0.258 bits per heavy atom. The lowest BCUT2D eigenvalue weighted by atomic mass is 9.63. The van der Waals surface area contributed by atoms with E-state index in [4.69, 9.17) is 28.4 Å². The molecule has 17 aliphatic rings. The Morgan fingerprint density at radius 2 is 0.625 bits per heavy atom. The highest BCUT2D eigenvalue weighted by molar-refractivity contribution is 5.79. The van der Waals surface area contributed by atoms with Gasteiger partial charge in [-0.15, -0.1) is 0 Å². The number of ether oxygens (including phenoxy) is 6. The third-order valence-corrected chi connectivity index (χ3v) is 38.7. The van der Waals surface area contributed by atoms with Gasteiger partial charge in [-0.1, -0.05) is 189 Å². The van der Waals surface area contributed by atoms with E-state index in [2.05, 4.69) is 76.2 Å². The highest BCUT2D eigenvalue weighted by atomic mass is 16.6. The predicted octanol–water partition coefficient (Wildman–Crippen LogP) is 34.0. The van der Waals surface area contributed by atoms with Crippen LogP contribution >= 0.6 is 0 Å². The minimum absolute atomic E-state index is 0. The third-order valence-electron chi connectivity index (χ3n) is 38.7. The standard InChI is InChI=1S/C20H32O2.C19H30O2.C17H28O2.2C17H30O2.C14H24O2.12CH4/c1-5-19(3,4)18(21)22-20(6-2)11-14-10-15(20)17-13-8-7-12(9-13)16(14)17;1-5-18(2,3)17(20)21-19(4)10-13-9-14(19)16-12-7-6-11(8-12)15(13)16;1-5-16(2,3)15(18)19-17(4)10-11-9-14(17)13-8-6-7-12(11)13;1-5-16(2,3)15(18)19-17(4)12-8-10-13-9-6-7-11-14(13)17;1-5-16(2,3)15(18)19-17(4)11-10-13-8-6-7-9-14(13)12-17;1-5-13(2,3)12(15)16-14(4)9-10-6-7-11(14)8-10;;;;;;;;;;;;/h12-17H,5-11H2,1-4H3;11-16H,5-10H2,1-4H3;11-14H,5-10H2,1-4H3;2*13-14H,5-12H2,1-4H3;10-11H,5-9H2,1-4H3;12*1H4. The molecule has 17 fully saturated rings. The van der Waals surface area contributed by atoms with Crippen LogP contribution < -0.4 is 0 Å². The summed E-state index contributed by atoms with van der Waals surface area (Å²) in [5.41, 5.74) is -3.04. The van der Waals surface area contributed by atoms with Gasteiger partial charge in [0.05, 0.1) is 32.5 Å². The Morgan fingerprint density at radius 3 is 1.08 bits per heavy atom. The van der Waals surface area contributed by atoms with E-state index in [0.29, 0.717) is 29.6 Å². The van der Waals surface area contributed by atoms with Gasteiger partial charge in [0.25, 0.3) is 0 Å². The minimum Gasteiger partial charge on any atom is -0.459 e. The third kappa shape index (κ3) is 24.9. The number of rotatable bonds is 19. The van der Waals surface area contributed by atoms with E-state index >= 15 is 0 Å². The van der Waals surface area contributed by atoms with Crippen molar-refractivity contribution in [2.24, 2.45) is 163 Å². The second kappa shape index (κ2) is 47.3. The van der Waals surface area contributed by atoms with Crippen LogP contribution in [-0.4, -0.2) is 69.4 Å². The minimum atomic E-state index is -0.343. The lowest BCUT2D eigenvalue weighted by Gasteiger charge is -2.48. The molecule has 12 bridgehead atoms. The van der Waals surface area contributed by atoms with Crippen LogP contribution in [0.4, 0.5) is 0 Å². The van der Waals surface area contributed by atoms with Crippen LogP contribution in [0, 0.1) is 163 Å². The quantitative estimate of drug-likeness (QED) is 0.0686. The van der Waals surface area contributed by atoms with Crippen molar-refractivity contribution in [1.82, 2.24) is 0 Å². The van der Waals surface area contributed by atoms with E-state index in [0.717, 1.165) is 190 Å². The van der Waals surface area contributed by atoms with Gasteiger partial charge >= 0.3 is 35.8 Å².